The fourth-order valence-electron chi connectivity index (χ4n) is 3.99. The number of methoxy groups -OCH3 is 1. The second-order valence-electron chi connectivity index (χ2n) is 8.17. The van der Waals surface area contributed by atoms with Gasteiger partial charge < -0.3 is 24.6 Å². The van der Waals surface area contributed by atoms with Gasteiger partial charge in [-0.2, -0.15) is 0 Å². The van der Waals surface area contributed by atoms with E-state index in [1.165, 1.54) is 0 Å². The molecule has 28 heavy (non-hydrogen) atoms. The molecule has 4 unspecified atom stereocenters. The lowest BCUT2D eigenvalue weighted by Crippen LogP contribution is -2.53. The second-order valence-corrected chi connectivity index (χ2v) is 8.17. The van der Waals surface area contributed by atoms with E-state index in [9.17, 15) is 9.90 Å². The highest BCUT2D eigenvalue weighted by atomic mass is 16.5. The van der Waals surface area contributed by atoms with Crippen molar-refractivity contribution in [3.63, 3.8) is 0 Å². The first-order valence-electron chi connectivity index (χ1n) is 9.85. The number of nitrogens with one attached hydrogen (secondary N) is 1. The Morgan fingerprint density at radius 1 is 1.36 bits per heavy atom. The molecule has 1 aromatic rings. The largest absolute Gasteiger partial charge is 0.460 e. The molecule has 1 saturated heterocycles. The zero-order chi connectivity index (χ0) is 20.2. The van der Waals surface area contributed by atoms with Crippen molar-refractivity contribution in [2.24, 2.45) is 5.41 Å². The zero-order valence-electron chi connectivity index (χ0n) is 16.9. The summed E-state index contributed by atoms with van der Waals surface area (Å²) in [7, 11) is 1.68. The number of ether oxygens (including phenoxy) is 3. The van der Waals surface area contributed by atoms with Crippen LogP contribution < -0.4 is 5.32 Å². The van der Waals surface area contributed by atoms with E-state index < -0.39 is 17.0 Å². The smallest absolute Gasteiger partial charge is 0.319 e. The van der Waals surface area contributed by atoms with Crippen LogP contribution in [0.1, 0.15) is 32.3 Å². The van der Waals surface area contributed by atoms with Gasteiger partial charge in [0.15, 0.2) is 0 Å². The van der Waals surface area contributed by atoms with Crippen LogP contribution in [0.25, 0.3) is 0 Å². The highest BCUT2D eigenvalue weighted by Gasteiger charge is 2.53. The Hall–Kier alpha value is -1.73. The van der Waals surface area contributed by atoms with Gasteiger partial charge in [0.2, 0.25) is 0 Å². The molecule has 3 rings (SSSR count). The van der Waals surface area contributed by atoms with E-state index in [1.54, 1.807) is 27.0 Å². The Morgan fingerprint density at radius 2 is 2.11 bits per heavy atom. The first-order chi connectivity index (χ1) is 13.4. The van der Waals surface area contributed by atoms with Gasteiger partial charge in [-0.15, -0.1) is 0 Å². The van der Waals surface area contributed by atoms with Crippen molar-refractivity contribution in [1.29, 1.82) is 0 Å². The van der Waals surface area contributed by atoms with Crippen LogP contribution in [-0.2, 0) is 25.6 Å². The maximum Gasteiger partial charge on any atom is 0.319 e. The van der Waals surface area contributed by atoms with Crippen molar-refractivity contribution in [3.8, 4) is 0 Å². The summed E-state index contributed by atoms with van der Waals surface area (Å²) < 4.78 is 16.6. The molecule has 2 aliphatic rings. The first kappa shape index (κ1) is 21.0. The van der Waals surface area contributed by atoms with Crippen molar-refractivity contribution < 1.29 is 24.1 Å². The van der Waals surface area contributed by atoms with Gasteiger partial charge in [0.25, 0.3) is 0 Å². The first-order valence-corrected chi connectivity index (χ1v) is 9.85. The molecule has 6 nitrogen and oxygen atoms in total. The van der Waals surface area contributed by atoms with Crippen molar-refractivity contribution in [1.82, 2.24) is 5.32 Å². The van der Waals surface area contributed by atoms with Gasteiger partial charge in [0.1, 0.15) is 12.0 Å². The Labute approximate surface area is 166 Å². The molecule has 154 valence electrons. The minimum Gasteiger partial charge on any atom is -0.460 e. The van der Waals surface area contributed by atoms with Crippen molar-refractivity contribution in [3.05, 3.63) is 48.0 Å². The highest BCUT2D eigenvalue weighted by molar-refractivity contribution is 5.81. The molecule has 1 fully saturated rings. The van der Waals surface area contributed by atoms with Gasteiger partial charge in [-0.3, -0.25) is 4.79 Å². The van der Waals surface area contributed by atoms with Gasteiger partial charge in [-0.25, -0.2) is 0 Å². The van der Waals surface area contributed by atoms with Crippen LogP contribution in [0.5, 0.6) is 0 Å². The minimum atomic E-state index is -1.25. The summed E-state index contributed by atoms with van der Waals surface area (Å²) in [5, 5.41) is 14.4. The molecular formula is C22H31NO5. The van der Waals surface area contributed by atoms with Gasteiger partial charge >= 0.3 is 5.97 Å². The molecule has 0 radical (unpaired) electrons. The summed E-state index contributed by atoms with van der Waals surface area (Å²) in [4.78, 5) is 13.0. The van der Waals surface area contributed by atoms with E-state index in [2.05, 4.69) is 5.32 Å². The number of benzene rings is 1. The summed E-state index contributed by atoms with van der Waals surface area (Å²) >= 11 is 0. The molecule has 0 amide bonds. The summed E-state index contributed by atoms with van der Waals surface area (Å²) in [6.07, 6.45) is 5.03. The lowest BCUT2D eigenvalue weighted by Gasteiger charge is -2.38. The summed E-state index contributed by atoms with van der Waals surface area (Å²) in [6, 6.07) is 9.66. The third-order valence-corrected chi connectivity index (χ3v) is 5.86. The van der Waals surface area contributed by atoms with Gasteiger partial charge in [0, 0.05) is 25.8 Å². The highest BCUT2D eigenvalue weighted by Crippen LogP contribution is 2.43. The zero-order valence-corrected chi connectivity index (χ0v) is 16.9. The Morgan fingerprint density at radius 3 is 2.79 bits per heavy atom. The van der Waals surface area contributed by atoms with Gasteiger partial charge in [0.05, 0.1) is 18.3 Å². The van der Waals surface area contributed by atoms with Crippen molar-refractivity contribution in [2.45, 2.75) is 57.1 Å². The molecule has 1 aromatic carbocycles. The van der Waals surface area contributed by atoms with Crippen molar-refractivity contribution in [2.75, 3.05) is 20.3 Å². The number of carbonyl (C=O) groups is 1. The van der Waals surface area contributed by atoms with Crippen LogP contribution in [-0.4, -0.2) is 55.2 Å². The Balaban J connectivity index is 1.67. The Kier molecular flexibility index (Phi) is 6.55. The molecular weight excluding hydrogens is 358 g/mol. The molecule has 1 aliphatic heterocycles. The molecule has 0 bridgehead atoms. The van der Waals surface area contributed by atoms with Crippen LogP contribution >= 0.6 is 0 Å². The number of aliphatic hydroxyl groups is 1. The molecule has 0 aromatic heterocycles. The maximum absolute atomic E-state index is 13.0. The Bertz CT molecular complexity index is 684. The second kappa shape index (κ2) is 8.74. The SMILES string of the molecule is COC1COCCC1NC1C=CC(C(=O)OCc2ccccc2)(C(C)(C)O)C1. The van der Waals surface area contributed by atoms with Crippen LogP contribution in [0.4, 0.5) is 0 Å². The lowest BCUT2D eigenvalue weighted by atomic mass is 9.72. The molecule has 0 saturated carbocycles. The predicted molar refractivity (Wildman–Crippen MR) is 106 cm³/mol. The quantitative estimate of drug-likeness (QED) is 0.550. The summed E-state index contributed by atoms with van der Waals surface area (Å²) in [5.74, 6) is -0.403. The summed E-state index contributed by atoms with van der Waals surface area (Å²) in [5.41, 5.74) is -1.42. The predicted octanol–water partition coefficient (Wildman–Crippen LogP) is 2.21. The van der Waals surface area contributed by atoms with Crippen LogP contribution in [0.15, 0.2) is 42.5 Å². The fraction of sp³-hybridized carbons (Fsp3) is 0.591. The average molecular weight is 389 g/mol. The maximum atomic E-state index is 13.0. The van der Waals surface area contributed by atoms with Gasteiger partial charge in [-0.05, 0) is 32.3 Å². The molecule has 1 aliphatic carbocycles. The molecule has 2 N–H and O–H groups in total. The van der Waals surface area contributed by atoms with E-state index in [4.69, 9.17) is 14.2 Å². The van der Waals surface area contributed by atoms with Crippen molar-refractivity contribution >= 4 is 5.97 Å². The normalized spacial score (nSPS) is 30.4. The van der Waals surface area contributed by atoms with Crippen LogP contribution in [0, 0.1) is 5.41 Å². The van der Waals surface area contributed by atoms with E-state index >= 15 is 0 Å². The third kappa shape index (κ3) is 4.46. The monoisotopic (exact) mass is 389 g/mol. The number of carbonyl (C=O) groups excluding carboxylic acids is 1. The number of rotatable bonds is 7. The van der Waals surface area contributed by atoms with E-state index in [1.807, 2.05) is 36.4 Å². The van der Waals surface area contributed by atoms with E-state index in [0.717, 1.165) is 12.0 Å². The standard InChI is InChI=1S/C22H31NO5/c1-21(2,25)22(20(24)28-14-16-7-5-4-6-8-16)11-9-17(13-22)23-18-10-12-27-15-19(18)26-3/h4-9,11,17-19,23,25H,10,12-15H2,1-3H3. The minimum absolute atomic E-state index is 0.0238. The summed E-state index contributed by atoms with van der Waals surface area (Å²) in [6.45, 7) is 4.75. The molecule has 0 spiro atoms. The average Bonchev–Trinajstić information content (AvgIpc) is 3.13. The molecule has 6 heteroatoms. The number of hydrogen-bond donors (Lipinski definition) is 2. The number of esters is 1. The van der Waals surface area contributed by atoms with Crippen LogP contribution in [0.2, 0.25) is 0 Å². The van der Waals surface area contributed by atoms with E-state index in [0.29, 0.717) is 19.6 Å². The van der Waals surface area contributed by atoms with Crippen LogP contribution in [0.3, 0.4) is 0 Å². The third-order valence-electron chi connectivity index (χ3n) is 5.86. The molecule has 4 atom stereocenters. The number of hydrogen-bond acceptors (Lipinski definition) is 6. The van der Waals surface area contributed by atoms with Gasteiger partial charge in [-0.1, -0.05) is 42.5 Å². The topological polar surface area (TPSA) is 77.0 Å². The molecule has 1 heterocycles. The lowest BCUT2D eigenvalue weighted by molar-refractivity contribution is -0.167. The fourth-order valence-corrected chi connectivity index (χ4v) is 3.99. The van der Waals surface area contributed by atoms with E-state index in [-0.39, 0.29) is 24.8 Å².